The molecule has 0 saturated carbocycles. The maximum Gasteiger partial charge on any atom is 0.417 e. The Hall–Kier alpha value is -2.33. The number of hydrogen-bond acceptors (Lipinski definition) is 3. The number of aryl methyl sites for hydroxylation is 1. The van der Waals surface area contributed by atoms with Crippen molar-refractivity contribution in [1.29, 1.82) is 0 Å². The van der Waals surface area contributed by atoms with Crippen LogP contribution in [0, 0.1) is 0 Å². The van der Waals surface area contributed by atoms with Crippen molar-refractivity contribution in [2.75, 3.05) is 7.05 Å². The van der Waals surface area contributed by atoms with Gasteiger partial charge in [0.05, 0.1) is 11.6 Å². The minimum Gasteiger partial charge on any atom is -0.408 e. The highest BCUT2D eigenvalue weighted by Gasteiger charge is 2.16. The zero-order valence-electron chi connectivity index (χ0n) is 12.1. The Morgan fingerprint density at radius 2 is 2.05 bits per heavy atom. The summed E-state index contributed by atoms with van der Waals surface area (Å²) < 4.78 is 5.16. The van der Waals surface area contributed by atoms with Gasteiger partial charge in [-0.3, -0.25) is 4.98 Å². The summed E-state index contributed by atoms with van der Waals surface area (Å²) in [6.07, 6.45) is 0.982. The van der Waals surface area contributed by atoms with Crippen LogP contribution < -0.4 is 11.1 Å². The summed E-state index contributed by atoms with van der Waals surface area (Å²) >= 11 is 0. The third-order valence-corrected chi connectivity index (χ3v) is 3.81. The van der Waals surface area contributed by atoms with Crippen molar-refractivity contribution in [3.63, 3.8) is 0 Å². The van der Waals surface area contributed by atoms with Gasteiger partial charge in [0.2, 0.25) is 0 Å². The van der Waals surface area contributed by atoms with E-state index in [1.165, 1.54) is 11.1 Å². The molecule has 0 bridgehead atoms. The molecule has 1 unspecified atom stereocenters. The minimum atomic E-state index is -0.419. The van der Waals surface area contributed by atoms with E-state index in [1.54, 1.807) is 0 Å². The summed E-state index contributed by atoms with van der Waals surface area (Å²) in [5, 5.41) is 3.35. The molecule has 0 aliphatic heterocycles. The molecule has 0 aliphatic carbocycles. The largest absolute Gasteiger partial charge is 0.417 e. The molecule has 108 valence electrons. The molecule has 21 heavy (non-hydrogen) atoms. The Morgan fingerprint density at radius 1 is 1.24 bits per heavy atom. The van der Waals surface area contributed by atoms with Crippen LogP contribution in [0.15, 0.2) is 51.7 Å². The number of fused-ring (bicyclic) bond motifs is 1. The topological polar surface area (TPSA) is 58.0 Å². The number of oxazole rings is 1. The summed E-state index contributed by atoms with van der Waals surface area (Å²) in [6.45, 7) is 2.15. The average Bonchev–Trinajstić information content (AvgIpc) is 2.88. The van der Waals surface area contributed by atoms with E-state index in [0.717, 1.165) is 17.5 Å². The highest BCUT2D eigenvalue weighted by Crippen LogP contribution is 2.27. The molecule has 1 atom stereocenters. The van der Waals surface area contributed by atoms with Gasteiger partial charge in [-0.2, -0.15) is 0 Å². The third kappa shape index (κ3) is 2.50. The van der Waals surface area contributed by atoms with Crippen molar-refractivity contribution >= 4 is 11.1 Å². The van der Waals surface area contributed by atoms with Crippen LogP contribution in [0.2, 0.25) is 0 Å². The second-order valence-electron chi connectivity index (χ2n) is 5.04. The Morgan fingerprint density at radius 3 is 2.81 bits per heavy atom. The summed E-state index contributed by atoms with van der Waals surface area (Å²) in [4.78, 5) is 13.9. The number of benzene rings is 2. The summed E-state index contributed by atoms with van der Waals surface area (Å²) in [6, 6.07) is 14.3. The van der Waals surface area contributed by atoms with Crippen molar-refractivity contribution in [2.45, 2.75) is 19.4 Å². The van der Waals surface area contributed by atoms with E-state index in [4.69, 9.17) is 4.42 Å². The molecule has 0 spiro atoms. The van der Waals surface area contributed by atoms with Gasteiger partial charge in [0.1, 0.15) is 0 Å². The first-order valence-corrected chi connectivity index (χ1v) is 7.10. The van der Waals surface area contributed by atoms with E-state index < -0.39 is 5.76 Å². The van der Waals surface area contributed by atoms with E-state index in [2.05, 4.69) is 35.4 Å². The first-order chi connectivity index (χ1) is 10.2. The lowest BCUT2D eigenvalue weighted by molar-refractivity contribution is 0.554. The van der Waals surface area contributed by atoms with Crippen molar-refractivity contribution in [3.8, 4) is 0 Å². The fourth-order valence-electron chi connectivity index (χ4n) is 2.78. The monoisotopic (exact) mass is 282 g/mol. The predicted octanol–water partition coefficient (Wildman–Crippen LogP) is 2.99. The van der Waals surface area contributed by atoms with Gasteiger partial charge in [0.15, 0.2) is 5.58 Å². The Kier molecular flexibility index (Phi) is 3.62. The number of H-pyrrole nitrogens is 1. The molecule has 1 aromatic heterocycles. The number of hydrogen-bond donors (Lipinski definition) is 2. The Labute approximate surface area is 122 Å². The molecule has 3 rings (SSSR count). The quantitative estimate of drug-likeness (QED) is 0.773. The SMILES string of the molecule is CCc1ccccc1C(NC)c1ccc2[nH]c(=O)oc2c1. The Bertz CT molecular complexity index is 817. The molecule has 0 amide bonds. The van der Waals surface area contributed by atoms with Gasteiger partial charge in [-0.05, 0) is 42.3 Å². The Balaban J connectivity index is 2.10. The van der Waals surface area contributed by atoms with Gasteiger partial charge >= 0.3 is 5.76 Å². The average molecular weight is 282 g/mol. The molecule has 1 heterocycles. The first kappa shape index (κ1) is 13.6. The van der Waals surface area contributed by atoms with E-state index in [-0.39, 0.29) is 6.04 Å². The zero-order chi connectivity index (χ0) is 14.8. The molecule has 2 aromatic carbocycles. The molecule has 0 radical (unpaired) electrons. The van der Waals surface area contributed by atoms with Gasteiger partial charge in [0, 0.05) is 0 Å². The fourth-order valence-corrected chi connectivity index (χ4v) is 2.78. The number of nitrogens with one attached hydrogen (secondary N) is 2. The summed E-state index contributed by atoms with van der Waals surface area (Å²) in [5.74, 6) is -0.419. The van der Waals surface area contributed by atoms with Crippen molar-refractivity contribution in [3.05, 3.63) is 69.7 Å². The van der Waals surface area contributed by atoms with Crippen LogP contribution >= 0.6 is 0 Å². The number of rotatable bonds is 4. The van der Waals surface area contributed by atoms with Crippen LogP contribution in [0.4, 0.5) is 0 Å². The van der Waals surface area contributed by atoms with Gasteiger partial charge in [0.25, 0.3) is 0 Å². The van der Waals surface area contributed by atoms with Crippen LogP contribution in [-0.4, -0.2) is 12.0 Å². The van der Waals surface area contributed by atoms with Crippen LogP contribution in [0.1, 0.15) is 29.7 Å². The minimum absolute atomic E-state index is 0.0748. The summed E-state index contributed by atoms with van der Waals surface area (Å²) in [5.41, 5.74) is 4.95. The van der Waals surface area contributed by atoms with E-state index in [1.807, 2.05) is 31.3 Å². The standard InChI is InChI=1S/C17H18N2O2/c1-3-11-6-4-5-7-13(11)16(18-2)12-8-9-14-15(10-12)21-17(20)19-14/h4-10,16,18H,3H2,1-2H3,(H,19,20). The molecular formula is C17H18N2O2. The molecule has 0 aliphatic rings. The smallest absolute Gasteiger partial charge is 0.408 e. The predicted molar refractivity (Wildman–Crippen MR) is 83.6 cm³/mol. The lowest BCUT2D eigenvalue weighted by atomic mass is 9.93. The molecule has 2 N–H and O–H groups in total. The van der Waals surface area contributed by atoms with E-state index in [0.29, 0.717) is 5.58 Å². The van der Waals surface area contributed by atoms with Gasteiger partial charge in [-0.25, -0.2) is 4.79 Å². The third-order valence-electron chi connectivity index (χ3n) is 3.81. The van der Waals surface area contributed by atoms with Gasteiger partial charge < -0.3 is 9.73 Å². The molecule has 0 fully saturated rings. The number of aromatic nitrogens is 1. The molecule has 4 heteroatoms. The number of aromatic amines is 1. The maximum atomic E-state index is 11.3. The molecular weight excluding hydrogens is 264 g/mol. The van der Waals surface area contributed by atoms with Gasteiger partial charge in [-0.1, -0.05) is 37.3 Å². The molecule has 0 saturated heterocycles. The normalized spacial score (nSPS) is 12.7. The van der Waals surface area contributed by atoms with E-state index >= 15 is 0 Å². The van der Waals surface area contributed by atoms with E-state index in [9.17, 15) is 4.79 Å². The second kappa shape index (κ2) is 5.58. The zero-order valence-corrected chi connectivity index (χ0v) is 12.1. The highest BCUT2D eigenvalue weighted by atomic mass is 16.4. The lowest BCUT2D eigenvalue weighted by Gasteiger charge is -2.20. The maximum absolute atomic E-state index is 11.3. The molecule has 4 nitrogen and oxygen atoms in total. The van der Waals surface area contributed by atoms with Crippen LogP contribution in [-0.2, 0) is 6.42 Å². The van der Waals surface area contributed by atoms with Crippen LogP contribution in [0.3, 0.4) is 0 Å². The van der Waals surface area contributed by atoms with Crippen molar-refractivity contribution in [2.24, 2.45) is 0 Å². The van der Waals surface area contributed by atoms with Gasteiger partial charge in [-0.15, -0.1) is 0 Å². The fraction of sp³-hybridized carbons (Fsp3) is 0.235. The second-order valence-corrected chi connectivity index (χ2v) is 5.04. The van der Waals surface area contributed by atoms with Crippen LogP contribution in [0.25, 0.3) is 11.1 Å². The highest BCUT2D eigenvalue weighted by molar-refractivity contribution is 5.73. The first-order valence-electron chi connectivity index (χ1n) is 7.10. The van der Waals surface area contributed by atoms with Crippen LogP contribution in [0.5, 0.6) is 0 Å². The van der Waals surface area contributed by atoms with Crippen molar-refractivity contribution < 1.29 is 4.42 Å². The lowest BCUT2D eigenvalue weighted by Crippen LogP contribution is -2.19. The summed E-state index contributed by atoms with van der Waals surface area (Å²) in [7, 11) is 1.94. The van der Waals surface area contributed by atoms with Crippen molar-refractivity contribution in [1.82, 2.24) is 10.3 Å². The molecule has 3 aromatic rings.